The number of allylic oxidation sites excluding steroid dienone is 1. The smallest absolute Gasteiger partial charge is 0.161 e. The Balaban J connectivity index is 2.34. The Labute approximate surface area is 141 Å². The number of ether oxygens (including phenoxy) is 2. The molecular formula is C17H25BrN2O2. The Bertz CT molecular complexity index is 502. The minimum Gasteiger partial charge on any atom is -0.493 e. The molecule has 0 aromatic heterocycles. The van der Waals surface area contributed by atoms with E-state index in [2.05, 4.69) is 38.8 Å². The third-order valence-electron chi connectivity index (χ3n) is 4.10. The lowest BCUT2D eigenvalue weighted by molar-refractivity contribution is 0.165. The highest BCUT2D eigenvalue weighted by Gasteiger charge is 2.24. The Morgan fingerprint density at radius 2 is 1.91 bits per heavy atom. The summed E-state index contributed by atoms with van der Waals surface area (Å²) in [5.74, 6) is 1.53. The molecule has 1 saturated heterocycles. The van der Waals surface area contributed by atoms with Gasteiger partial charge in [0.05, 0.1) is 14.2 Å². The van der Waals surface area contributed by atoms with E-state index in [0.717, 1.165) is 55.0 Å². The molecule has 4 nitrogen and oxygen atoms in total. The van der Waals surface area contributed by atoms with Gasteiger partial charge < -0.3 is 14.8 Å². The van der Waals surface area contributed by atoms with Crippen LogP contribution in [0.4, 0.5) is 0 Å². The Hall–Kier alpha value is -1.04. The quantitative estimate of drug-likeness (QED) is 0.748. The highest BCUT2D eigenvalue weighted by Crippen LogP contribution is 2.39. The monoisotopic (exact) mass is 368 g/mol. The fourth-order valence-corrected chi connectivity index (χ4v) is 3.52. The first-order chi connectivity index (χ1) is 10.7. The highest BCUT2D eigenvalue weighted by atomic mass is 79.9. The second-order valence-electron chi connectivity index (χ2n) is 5.40. The Kier molecular flexibility index (Phi) is 6.73. The van der Waals surface area contributed by atoms with Gasteiger partial charge in [0.1, 0.15) is 0 Å². The van der Waals surface area contributed by atoms with Gasteiger partial charge in [-0.05, 0) is 30.5 Å². The second-order valence-corrected chi connectivity index (χ2v) is 6.25. The van der Waals surface area contributed by atoms with Crippen molar-refractivity contribution < 1.29 is 9.47 Å². The van der Waals surface area contributed by atoms with Gasteiger partial charge in [0.25, 0.3) is 0 Å². The van der Waals surface area contributed by atoms with Gasteiger partial charge in [0.2, 0.25) is 0 Å². The third-order valence-corrected chi connectivity index (χ3v) is 4.79. The van der Waals surface area contributed by atoms with Gasteiger partial charge in [-0.15, -0.1) is 6.58 Å². The van der Waals surface area contributed by atoms with E-state index in [9.17, 15) is 0 Å². The zero-order valence-corrected chi connectivity index (χ0v) is 15.0. The summed E-state index contributed by atoms with van der Waals surface area (Å²) in [6.07, 6.45) is 4.04. The summed E-state index contributed by atoms with van der Waals surface area (Å²) in [6, 6.07) is 4.45. The first kappa shape index (κ1) is 17.3. The van der Waals surface area contributed by atoms with Crippen molar-refractivity contribution in [3.8, 4) is 11.5 Å². The summed E-state index contributed by atoms with van der Waals surface area (Å²) in [7, 11) is 3.34. The number of nitrogens with zero attached hydrogens (tertiary/aromatic N) is 1. The molecule has 5 heteroatoms. The molecule has 0 bridgehead atoms. The fourth-order valence-electron chi connectivity index (χ4n) is 2.93. The molecule has 122 valence electrons. The van der Waals surface area contributed by atoms with Gasteiger partial charge in [-0.1, -0.05) is 22.0 Å². The summed E-state index contributed by atoms with van der Waals surface area (Å²) in [6.45, 7) is 8.06. The standard InChI is InChI=1S/C17H25BrN2O2/c1-4-5-6-15(20-9-7-19-8-10-20)13-11-16(21-2)17(22-3)12-14(13)18/h4,11-12,15,19H,1,5-10H2,2-3H3/t15-/m1/s1. The van der Waals surface area contributed by atoms with Gasteiger partial charge in [-0.25, -0.2) is 0 Å². The lowest BCUT2D eigenvalue weighted by Gasteiger charge is -2.36. The maximum absolute atomic E-state index is 5.48. The van der Waals surface area contributed by atoms with E-state index >= 15 is 0 Å². The van der Waals surface area contributed by atoms with E-state index in [1.165, 1.54) is 5.56 Å². The van der Waals surface area contributed by atoms with Crippen molar-refractivity contribution >= 4 is 15.9 Å². The SMILES string of the molecule is C=CCC[C@H](c1cc(OC)c(OC)cc1Br)N1CCNCC1. The molecule has 0 unspecified atom stereocenters. The molecule has 0 aliphatic carbocycles. The number of nitrogens with one attached hydrogen (secondary N) is 1. The van der Waals surface area contributed by atoms with Crippen molar-refractivity contribution in [1.29, 1.82) is 0 Å². The van der Waals surface area contributed by atoms with E-state index in [1.54, 1.807) is 14.2 Å². The van der Waals surface area contributed by atoms with Crippen LogP contribution in [0.25, 0.3) is 0 Å². The molecule has 1 aromatic carbocycles. The summed E-state index contributed by atoms with van der Waals surface area (Å²) in [5.41, 5.74) is 1.25. The predicted molar refractivity (Wildman–Crippen MR) is 93.9 cm³/mol. The molecule has 1 atom stereocenters. The second kappa shape index (κ2) is 8.56. The molecule has 1 aliphatic heterocycles. The molecular weight excluding hydrogens is 344 g/mol. The molecule has 1 fully saturated rings. The van der Waals surface area contributed by atoms with Crippen LogP contribution in [-0.2, 0) is 0 Å². The van der Waals surface area contributed by atoms with Gasteiger partial charge in [0.15, 0.2) is 11.5 Å². The van der Waals surface area contributed by atoms with E-state index in [4.69, 9.17) is 9.47 Å². The fraction of sp³-hybridized carbons (Fsp3) is 0.529. The predicted octanol–water partition coefficient (Wildman–Crippen LogP) is 3.38. The van der Waals surface area contributed by atoms with Crippen molar-refractivity contribution in [3.63, 3.8) is 0 Å². The largest absolute Gasteiger partial charge is 0.493 e. The molecule has 0 radical (unpaired) electrons. The van der Waals surface area contributed by atoms with Crippen molar-refractivity contribution in [2.75, 3.05) is 40.4 Å². The number of halogens is 1. The number of hydrogen-bond donors (Lipinski definition) is 1. The van der Waals surface area contributed by atoms with Crippen molar-refractivity contribution in [3.05, 3.63) is 34.8 Å². The summed E-state index contributed by atoms with van der Waals surface area (Å²) in [5, 5.41) is 3.41. The van der Waals surface area contributed by atoms with Gasteiger partial charge in [-0.3, -0.25) is 4.90 Å². The maximum atomic E-state index is 5.48. The molecule has 1 aromatic rings. The molecule has 2 rings (SSSR count). The summed E-state index contributed by atoms with van der Waals surface area (Å²) >= 11 is 3.71. The number of piperazine rings is 1. The molecule has 1 N–H and O–H groups in total. The molecule has 1 aliphatic rings. The van der Waals surface area contributed by atoms with Crippen LogP contribution >= 0.6 is 15.9 Å². The van der Waals surface area contributed by atoms with E-state index < -0.39 is 0 Å². The van der Waals surface area contributed by atoms with Crippen LogP contribution < -0.4 is 14.8 Å². The lowest BCUT2D eigenvalue weighted by Crippen LogP contribution is -2.45. The summed E-state index contributed by atoms with van der Waals surface area (Å²) in [4.78, 5) is 2.53. The first-order valence-electron chi connectivity index (χ1n) is 7.68. The van der Waals surface area contributed by atoms with Crippen LogP contribution in [0.2, 0.25) is 0 Å². The summed E-state index contributed by atoms with van der Waals surface area (Å²) < 4.78 is 11.9. The average molecular weight is 369 g/mol. The molecule has 0 amide bonds. The normalized spacial score (nSPS) is 17.0. The average Bonchev–Trinajstić information content (AvgIpc) is 2.57. The Morgan fingerprint density at radius 1 is 1.27 bits per heavy atom. The first-order valence-corrected chi connectivity index (χ1v) is 8.47. The van der Waals surface area contributed by atoms with Gasteiger partial charge >= 0.3 is 0 Å². The third kappa shape index (κ3) is 4.03. The van der Waals surface area contributed by atoms with Crippen LogP contribution in [-0.4, -0.2) is 45.3 Å². The Morgan fingerprint density at radius 3 is 2.50 bits per heavy atom. The lowest BCUT2D eigenvalue weighted by atomic mass is 9.99. The van der Waals surface area contributed by atoms with Crippen LogP contribution in [0.1, 0.15) is 24.4 Å². The van der Waals surface area contributed by atoms with Crippen LogP contribution in [0.15, 0.2) is 29.3 Å². The van der Waals surface area contributed by atoms with Gasteiger partial charge in [0, 0.05) is 36.7 Å². The van der Waals surface area contributed by atoms with Crippen LogP contribution in [0.3, 0.4) is 0 Å². The molecule has 0 saturated carbocycles. The molecule has 1 heterocycles. The highest BCUT2D eigenvalue weighted by molar-refractivity contribution is 9.10. The minimum atomic E-state index is 0.356. The van der Waals surface area contributed by atoms with E-state index in [0.29, 0.717) is 6.04 Å². The van der Waals surface area contributed by atoms with E-state index in [1.807, 2.05) is 12.1 Å². The van der Waals surface area contributed by atoms with Crippen molar-refractivity contribution in [2.24, 2.45) is 0 Å². The minimum absolute atomic E-state index is 0.356. The zero-order valence-electron chi connectivity index (χ0n) is 13.4. The number of rotatable bonds is 7. The topological polar surface area (TPSA) is 33.7 Å². The maximum Gasteiger partial charge on any atom is 0.161 e. The van der Waals surface area contributed by atoms with E-state index in [-0.39, 0.29) is 0 Å². The molecule has 0 spiro atoms. The van der Waals surface area contributed by atoms with Crippen LogP contribution in [0.5, 0.6) is 11.5 Å². The number of hydrogen-bond acceptors (Lipinski definition) is 4. The number of benzene rings is 1. The van der Waals surface area contributed by atoms with Gasteiger partial charge in [-0.2, -0.15) is 0 Å². The van der Waals surface area contributed by atoms with Crippen molar-refractivity contribution in [1.82, 2.24) is 10.2 Å². The van der Waals surface area contributed by atoms with Crippen LogP contribution in [0, 0.1) is 0 Å². The molecule has 22 heavy (non-hydrogen) atoms. The van der Waals surface area contributed by atoms with Crippen molar-refractivity contribution in [2.45, 2.75) is 18.9 Å². The number of methoxy groups -OCH3 is 2. The zero-order chi connectivity index (χ0) is 15.9.